The summed E-state index contributed by atoms with van der Waals surface area (Å²) in [5, 5.41) is 0. The highest BCUT2D eigenvalue weighted by Gasteiger charge is 2.33. The van der Waals surface area contributed by atoms with Gasteiger partial charge in [0.2, 0.25) is 11.2 Å². The summed E-state index contributed by atoms with van der Waals surface area (Å²) in [5.74, 6) is 1.59. The predicted octanol–water partition coefficient (Wildman–Crippen LogP) is 2.53. The van der Waals surface area contributed by atoms with Crippen LogP contribution in [0.2, 0.25) is 0 Å². The van der Waals surface area contributed by atoms with E-state index >= 15 is 0 Å². The van der Waals surface area contributed by atoms with Gasteiger partial charge in [-0.2, -0.15) is 0 Å². The quantitative estimate of drug-likeness (QED) is 0.489. The van der Waals surface area contributed by atoms with Gasteiger partial charge in [0.15, 0.2) is 0 Å². The van der Waals surface area contributed by atoms with Crippen molar-refractivity contribution >= 4 is 22.8 Å². The Morgan fingerprint density at radius 3 is 2.58 bits per heavy atom. The Kier molecular flexibility index (Phi) is 5.08. The van der Waals surface area contributed by atoms with Gasteiger partial charge in [0.25, 0.3) is 5.56 Å². The number of imidazole rings is 1. The number of H-pyrrole nitrogens is 1. The number of methoxy groups -OCH3 is 1. The Hall–Kier alpha value is -3.81. The largest absolute Gasteiger partial charge is 0.497 e. The average molecular weight is 447 g/mol. The third-order valence-electron chi connectivity index (χ3n) is 6.52. The number of hydrogen-bond donors (Lipinski definition) is 1. The van der Waals surface area contributed by atoms with Crippen LogP contribution in [-0.2, 0) is 20.1 Å². The van der Waals surface area contributed by atoms with Crippen LogP contribution in [0.1, 0.15) is 23.1 Å². The molecular weight excluding hydrogens is 418 g/mol. The minimum atomic E-state index is -0.330. The Labute approximate surface area is 191 Å². The van der Waals surface area contributed by atoms with Crippen molar-refractivity contribution in [3.05, 3.63) is 80.0 Å². The first-order valence-electron chi connectivity index (χ1n) is 11.1. The average Bonchev–Trinajstić information content (AvgIpc) is 3.22. The number of anilines is 2. The summed E-state index contributed by atoms with van der Waals surface area (Å²) < 4.78 is 10.2. The molecule has 8 nitrogen and oxygen atoms in total. The first kappa shape index (κ1) is 21.1. The van der Waals surface area contributed by atoms with Crippen molar-refractivity contribution in [1.82, 2.24) is 14.1 Å². The lowest BCUT2D eigenvalue weighted by Gasteiger charge is -2.22. The number of ether oxygens (including phenoxy) is 1. The molecule has 0 bridgehead atoms. The van der Waals surface area contributed by atoms with E-state index < -0.39 is 0 Å². The van der Waals surface area contributed by atoms with Gasteiger partial charge in [-0.15, -0.1) is 0 Å². The molecule has 2 aromatic carbocycles. The Morgan fingerprint density at radius 1 is 1.09 bits per heavy atom. The number of benzene rings is 2. The zero-order valence-electron chi connectivity index (χ0n) is 19.4. The molecule has 1 N–H and O–H groups in total. The number of aromatic nitrogens is 4. The molecule has 0 amide bonds. The summed E-state index contributed by atoms with van der Waals surface area (Å²) in [7, 11) is 3.36. The van der Waals surface area contributed by atoms with Crippen molar-refractivity contribution in [3.8, 4) is 5.75 Å². The molecule has 5 rings (SSSR count). The van der Waals surface area contributed by atoms with Crippen LogP contribution in [0.25, 0.3) is 11.2 Å². The van der Waals surface area contributed by atoms with Crippen molar-refractivity contribution in [2.24, 2.45) is 7.05 Å². The maximum atomic E-state index is 13.6. The normalized spacial score (nSPS) is 13.4. The molecule has 8 heteroatoms. The molecule has 4 aromatic rings. The lowest BCUT2D eigenvalue weighted by atomic mass is 10.1. The minimum Gasteiger partial charge on any atom is -0.497 e. The Morgan fingerprint density at radius 2 is 1.85 bits per heavy atom. The number of nitrogens with one attached hydrogen (secondary N) is 1. The smallest absolute Gasteiger partial charge is 0.364 e. The van der Waals surface area contributed by atoms with Gasteiger partial charge < -0.3 is 4.74 Å². The van der Waals surface area contributed by atoms with Gasteiger partial charge in [-0.25, -0.2) is 19.2 Å². The van der Waals surface area contributed by atoms with Crippen molar-refractivity contribution in [2.75, 3.05) is 18.6 Å². The van der Waals surface area contributed by atoms with E-state index in [4.69, 9.17) is 4.74 Å². The molecule has 0 fully saturated rings. The number of nitrogens with zero attached hydrogens (tertiary/aromatic N) is 4. The second-order valence-electron chi connectivity index (χ2n) is 8.66. The highest BCUT2D eigenvalue weighted by Crippen LogP contribution is 2.27. The molecule has 0 saturated carbocycles. The zero-order valence-corrected chi connectivity index (χ0v) is 19.4. The molecule has 0 spiro atoms. The molecule has 0 radical (unpaired) electrons. The molecular formula is C25H28N5O3+. The number of aryl methyl sites for hydroxylation is 4. The van der Waals surface area contributed by atoms with Gasteiger partial charge in [-0.1, -0.05) is 23.8 Å². The monoisotopic (exact) mass is 446 g/mol. The fourth-order valence-electron chi connectivity index (χ4n) is 4.63. The second-order valence-corrected chi connectivity index (χ2v) is 8.66. The first-order valence-corrected chi connectivity index (χ1v) is 11.1. The van der Waals surface area contributed by atoms with Gasteiger partial charge in [0.05, 0.1) is 26.7 Å². The Balaban J connectivity index is 1.67. The lowest BCUT2D eigenvalue weighted by Crippen LogP contribution is -2.49. The van der Waals surface area contributed by atoms with Crippen LogP contribution in [0.5, 0.6) is 5.75 Å². The van der Waals surface area contributed by atoms with E-state index in [0.717, 1.165) is 47.0 Å². The SMILES string of the molecule is COc1ccc(N2CCC[n+]3c2[nH]c2c3c(=O)n(Cc3cc(C)ccc3C)c(=O)n2C)cc1. The third kappa shape index (κ3) is 3.42. The van der Waals surface area contributed by atoms with Crippen LogP contribution in [0.15, 0.2) is 52.1 Å². The van der Waals surface area contributed by atoms with Crippen molar-refractivity contribution < 1.29 is 9.30 Å². The summed E-state index contributed by atoms with van der Waals surface area (Å²) in [6.45, 7) is 5.78. The van der Waals surface area contributed by atoms with E-state index in [1.807, 2.05) is 60.9 Å². The van der Waals surface area contributed by atoms with Crippen LogP contribution in [0.4, 0.5) is 11.6 Å². The minimum absolute atomic E-state index is 0.248. The van der Waals surface area contributed by atoms with Gasteiger partial charge >= 0.3 is 11.6 Å². The number of hydrogen-bond acceptors (Lipinski definition) is 4. The van der Waals surface area contributed by atoms with E-state index in [9.17, 15) is 9.59 Å². The summed E-state index contributed by atoms with van der Waals surface area (Å²) >= 11 is 0. The molecule has 0 aliphatic carbocycles. The number of aromatic amines is 1. The molecule has 0 saturated heterocycles. The summed E-state index contributed by atoms with van der Waals surface area (Å²) in [6.07, 6.45) is 0.885. The van der Waals surface area contributed by atoms with Crippen LogP contribution < -0.4 is 25.5 Å². The summed E-state index contributed by atoms with van der Waals surface area (Å²) in [6, 6.07) is 13.9. The maximum absolute atomic E-state index is 13.6. The highest BCUT2D eigenvalue weighted by atomic mass is 16.5. The zero-order chi connectivity index (χ0) is 23.3. The van der Waals surface area contributed by atoms with Crippen LogP contribution >= 0.6 is 0 Å². The van der Waals surface area contributed by atoms with Crippen LogP contribution in [0, 0.1) is 13.8 Å². The van der Waals surface area contributed by atoms with E-state index in [1.54, 1.807) is 18.7 Å². The lowest BCUT2D eigenvalue weighted by molar-refractivity contribution is -0.663. The van der Waals surface area contributed by atoms with Crippen LogP contribution in [-0.4, -0.2) is 27.8 Å². The standard InChI is InChI=1S/C25H27N5O3/c1-16-6-7-17(2)18(14-16)15-30-23(31)21-22(27(3)25(30)32)26-24-28(12-5-13-29(21)24)19-8-10-20(33-4)11-9-19/h6-11,14H,5,12-13,15H2,1-4H3/p+1. The highest BCUT2D eigenvalue weighted by molar-refractivity contribution is 5.70. The van der Waals surface area contributed by atoms with E-state index in [-0.39, 0.29) is 17.8 Å². The topological polar surface area (TPSA) is 76.1 Å². The molecule has 1 aliphatic rings. The Bertz CT molecular complexity index is 1480. The maximum Gasteiger partial charge on any atom is 0.364 e. The predicted molar refractivity (Wildman–Crippen MR) is 128 cm³/mol. The molecule has 0 unspecified atom stereocenters. The first-order chi connectivity index (χ1) is 15.9. The van der Waals surface area contributed by atoms with Gasteiger partial charge in [0.1, 0.15) is 11.4 Å². The summed E-state index contributed by atoms with van der Waals surface area (Å²) in [5.41, 5.74) is 4.60. The van der Waals surface area contributed by atoms with Crippen molar-refractivity contribution in [2.45, 2.75) is 33.4 Å². The number of rotatable bonds is 4. The van der Waals surface area contributed by atoms with E-state index in [1.165, 1.54) is 4.57 Å². The molecule has 3 heterocycles. The van der Waals surface area contributed by atoms with E-state index in [0.29, 0.717) is 17.7 Å². The fraction of sp³-hybridized carbons (Fsp3) is 0.320. The van der Waals surface area contributed by atoms with Gasteiger partial charge in [-0.3, -0.25) is 13.9 Å². The van der Waals surface area contributed by atoms with Gasteiger partial charge in [0, 0.05) is 13.5 Å². The second kappa shape index (κ2) is 7.95. The number of fused-ring (bicyclic) bond motifs is 3. The van der Waals surface area contributed by atoms with Gasteiger partial charge in [-0.05, 0) is 49.2 Å². The molecule has 170 valence electrons. The fourth-order valence-corrected chi connectivity index (χ4v) is 4.63. The molecule has 0 atom stereocenters. The third-order valence-corrected chi connectivity index (χ3v) is 6.52. The van der Waals surface area contributed by atoms with Crippen LogP contribution in [0.3, 0.4) is 0 Å². The van der Waals surface area contributed by atoms with Crippen molar-refractivity contribution in [1.29, 1.82) is 0 Å². The van der Waals surface area contributed by atoms with E-state index in [2.05, 4.69) is 9.88 Å². The molecule has 2 aromatic heterocycles. The molecule has 1 aliphatic heterocycles. The summed E-state index contributed by atoms with van der Waals surface area (Å²) in [4.78, 5) is 32.3. The van der Waals surface area contributed by atoms with Crippen molar-refractivity contribution in [3.63, 3.8) is 0 Å². The molecule has 33 heavy (non-hydrogen) atoms.